The van der Waals surface area contributed by atoms with Crippen LogP contribution in [0.1, 0.15) is 28.3 Å². The number of nitrogens with zero attached hydrogens (tertiary/aromatic N) is 6. The van der Waals surface area contributed by atoms with E-state index in [-0.39, 0.29) is 6.17 Å². The number of rotatable bonds is 6. The van der Waals surface area contributed by atoms with Crippen molar-refractivity contribution in [3.63, 3.8) is 0 Å². The van der Waals surface area contributed by atoms with Crippen LogP contribution in [0.2, 0.25) is 0 Å². The van der Waals surface area contributed by atoms with Crippen molar-refractivity contribution in [2.45, 2.75) is 53.6 Å². The highest BCUT2D eigenvalue weighted by atomic mass is 15.5. The standard InChI is InChI=1S/C30H32N6/c1-21-16-23(3)35(31-21)19-33-27-14-8-12-26-13-9-15-28(30(26)27)34(20-36-24(4)17-22(2)32-36)29(33)18-25-10-6-5-7-11-25/h5-17,29H,18-20H2,1-4H3. The Balaban J connectivity index is 1.54. The molecule has 1 aliphatic heterocycles. The molecular weight excluding hydrogens is 444 g/mol. The van der Waals surface area contributed by atoms with Crippen molar-refractivity contribution in [2.24, 2.45) is 0 Å². The maximum Gasteiger partial charge on any atom is 0.114 e. The zero-order valence-electron chi connectivity index (χ0n) is 21.4. The van der Waals surface area contributed by atoms with E-state index in [4.69, 9.17) is 10.2 Å². The van der Waals surface area contributed by atoms with Gasteiger partial charge in [0.15, 0.2) is 0 Å². The summed E-state index contributed by atoms with van der Waals surface area (Å²) >= 11 is 0. The zero-order valence-corrected chi connectivity index (χ0v) is 21.4. The molecular formula is C30H32N6. The van der Waals surface area contributed by atoms with Crippen LogP contribution in [0.3, 0.4) is 0 Å². The van der Waals surface area contributed by atoms with Crippen molar-refractivity contribution >= 4 is 22.1 Å². The first-order chi connectivity index (χ1) is 17.5. The lowest BCUT2D eigenvalue weighted by molar-refractivity contribution is 0.429. The van der Waals surface area contributed by atoms with Gasteiger partial charge in [-0.25, -0.2) is 9.36 Å². The number of hydrogen-bond acceptors (Lipinski definition) is 4. The minimum Gasteiger partial charge on any atom is -0.330 e. The van der Waals surface area contributed by atoms with Gasteiger partial charge in [0.05, 0.1) is 11.4 Å². The van der Waals surface area contributed by atoms with Gasteiger partial charge in [-0.05, 0) is 62.9 Å². The van der Waals surface area contributed by atoms with Gasteiger partial charge in [0.25, 0.3) is 0 Å². The third kappa shape index (κ3) is 3.92. The highest BCUT2D eigenvalue weighted by Gasteiger charge is 2.34. The van der Waals surface area contributed by atoms with Crippen molar-refractivity contribution < 1.29 is 0 Å². The predicted molar refractivity (Wildman–Crippen MR) is 146 cm³/mol. The number of benzene rings is 3. The van der Waals surface area contributed by atoms with Crippen LogP contribution in [-0.4, -0.2) is 25.7 Å². The molecule has 0 spiro atoms. The van der Waals surface area contributed by atoms with E-state index in [0.717, 1.165) is 17.8 Å². The second-order valence-electron chi connectivity index (χ2n) is 9.90. The summed E-state index contributed by atoms with van der Waals surface area (Å²) in [5, 5.41) is 12.2. The number of aromatic nitrogens is 4. The quantitative estimate of drug-likeness (QED) is 0.302. The van der Waals surface area contributed by atoms with Crippen LogP contribution in [0.4, 0.5) is 11.4 Å². The highest BCUT2D eigenvalue weighted by molar-refractivity contribution is 6.05. The van der Waals surface area contributed by atoms with Gasteiger partial charge in [-0.3, -0.25) is 0 Å². The van der Waals surface area contributed by atoms with E-state index < -0.39 is 0 Å². The van der Waals surface area contributed by atoms with E-state index in [1.807, 2.05) is 0 Å². The molecule has 0 fully saturated rings. The van der Waals surface area contributed by atoms with Crippen molar-refractivity contribution in [3.05, 3.63) is 107 Å². The Labute approximate surface area is 212 Å². The first-order valence-electron chi connectivity index (χ1n) is 12.6. The lowest BCUT2D eigenvalue weighted by Crippen LogP contribution is -2.53. The first kappa shape index (κ1) is 22.4. The summed E-state index contributed by atoms with van der Waals surface area (Å²) in [7, 11) is 0. The number of hydrogen-bond donors (Lipinski definition) is 0. The Morgan fingerprint density at radius 2 is 1.17 bits per heavy atom. The third-order valence-electron chi connectivity index (χ3n) is 7.24. The van der Waals surface area contributed by atoms with Gasteiger partial charge in [-0.15, -0.1) is 0 Å². The summed E-state index contributed by atoms with van der Waals surface area (Å²) in [4.78, 5) is 5.04. The minimum absolute atomic E-state index is 0.0840. The molecule has 182 valence electrons. The van der Waals surface area contributed by atoms with Crippen molar-refractivity contribution in [1.29, 1.82) is 0 Å². The maximum absolute atomic E-state index is 4.83. The minimum atomic E-state index is 0.0840. The molecule has 0 N–H and O–H groups in total. The summed E-state index contributed by atoms with van der Waals surface area (Å²) in [6.45, 7) is 9.76. The topological polar surface area (TPSA) is 42.1 Å². The molecule has 5 aromatic rings. The van der Waals surface area contributed by atoms with Gasteiger partial charge >= 0.3 is 0 Å². The number of anilines is 2. The van der Waals surface area contributed by atoms with Crippen molar-refractivity contribution in [2.75, 3.05) is 9.80 Å². The van der Waals surface area contributed by atoms with Gasteiger partial charge in [0, 0.05) is 34.6 Å². The van der Waals surface area contributed by atoms with Gasteiger partial charge in [0.2, 0.25) is 0 Å². The first-order valence-corrected chi connectivity index (χ1v) is 12.6. The fourth-order valence-corrected chi connectivity index (χ4v) is 5.58. The lowest BCUT2D eigenvalue weighted by Gasteiger charge is -2.47. The highest BCUT2D eigenvalue weighted by Crippen LogP contribution is 2.43. The predicted octanol–water partition coefficient (Wildman–Crippen LogP) is 5.98. The molecule has 0 saturated heterocycles. The lowest BCUT2D eigenvalue weighted by atomic mass is 9.99. The van der Waals surface area contributed by atoms with Gasteiger partial charge in [-0.2, -0.15) is 10.2 Å². The van der Waals surface area contributed by atoms with Crippen LogP contribution in [0, 0.1) is 27.7 Å². The Kier molecular flexibility index (Phi) is 5.52. The molecule has 0 amide bonds. The zero-order chi connectivity index (χ0) is 24.8. The molecule has 36 heavy (non-hydrogen) atoms. The number of aryl methyl sites for hydroxylation is 4. The largest absolute Gasteiger partial charge is 0.330 e. The van der Waals surface area contributed by atoms with Crippen LogP contribution in [-0.2, 0) is 19.8 Å². The molecule has 1 aliphatic rings. The van der Waals surface area contributed by atoms with Crippen LogP contribution >= 0.6 is 0 Å². The molecule has 0 unspecified atom stereocenters. The average Bonchev–Trinajstić information content (AvgIpc) is 3.37. The molecule has 3 aromatic carbocycles. The normalized spacial score (nSPS) is 13.7. The van der Waals surface area contributed by atoms with E-state index in [9.17, 15) is 0 Å². The molecule has 0 aliphatic carbocycles. The Morgan fingerprint density at radius 1 is 0.639 bits per heavy atom. The van der Waals surface area contributed by atoms with Crippen LogP contribution < -0.4 is 9.80 Å². The van der Waals surface area contributed by atoms with Crippen LogP contribution in [0.5, 0.6) is 0 Å². The summed E-state index contributed by atoms with van der Waals surface area (Å²) in [6.07, 6.45) is 0.963. The summed E-state index contributed by atoms with van der Waals surface area (Å²) < 4.78 is 4.25. The fraction of sp³-hybridized carbons (Fsp3) is 0.267. The summed E-state index contributed by atoms with van der Waals surface area (Å²) in [6, 6.07) is 28.4. The Hall–Kier alpha value is -4.06. The van der Waals surface area contributed by atoms with E-state index in [1.54, 1.807) is 0 Å². The second-order valence-corrected chi connectivity index (χ2v) is 9.90. The smallest absolute Gasteiger partial charge is 0.114 e. The average molecular weight is 477 g/mol. The molecule has 0 bridgehead atoms. The third-order valence-corrected chi connectivity index (χ3v) is 7.24. The molecule has 6 nitrogen and oxygen atoms in total. The van der Waals surface area contributed by atoms with Crippen LogP contribution in [0.15, 0.2) is 78.9 Å². The molecule has 6 heteroatoms. The van der Waals surface area contributed by atoms with Crippen molar-refractivity contribution in [1.82, 2.24) is 19.6 Å². The monoisotopic (exact) mass is 476 g/mol. The van der Waals surface area contributed by atoms with E-state index in [1.165, 1.54) is 39.1 Å². The maximum atomic E-state index is 4.83. The Bertz CT molecular complexity index is 1440. The van der Waals surface area contributed by atoms with E-state index in [2.05, 4.69) is 126 Å². The van der Waals surface area contributed by atoms with E-state index in [0.29, 0.717) is 13.3 Å². The molecule has 0 atom stereocenters. The SMILES string of the molecule is Cc1cc(C)n(CN2c3cccc4cccc(c34)N(Cn3nc(C)cc3C)C2Cc2ccccc2)n1. The van der Waals surface area contributed by atoms with Gasteiger partial charge in [0.1, 0.15) is 19.5 Å². The second kappa shape index (κ2) is 8.86. The van der Waals surface area contributed by atoms with Gasteiger partial charge in [-0.1, -0.05) is 54.6 Å². The van der Waals surface area contributed by atoms with E-state index >= 15 is 0 Å². The molecule has 3 heterocycles. The van der Waals surface area contributed by atoms with Crippen LogP contribution in [0.25, 0.3) is 10.8 Å². The molecule has 0 saturated carbocycles. The molecule has 6 rings (SSSR count). The summed E-state index contributed by atoms with van der Waals surface area (Å²) in [5.41, 5.74) is 8.24. The summed E-state index contributed by atoms with van der Waals surface area (Å²) in [5.74, 6) is 0. The molecule has 2 aromatic heterocycles. The Morgan fingerprint density at radius 3 is 1.64 bits per heavy atom. The molecule has 0 radical (unpaired) electrons. The van der Waals surface area contributed by atoms with Crippen molar-refractivity contribution in [3.8, 4) is 0 Å². The fourth-order valence-electron chi connectivity index (χ4n) is 5.58. The van der Waals surface area contributed by atoms with Gasteiger partial charge < -0.3 is 9.80 Å².